The van der Waals surface area contributed by atoms with E-state index in [2.05, 4.69) is 52.9 Å². The van der Waals surface area contributed by atoms with Crippen LogP contribution in [-0.2, 0) is 21.7 Å². The van der Waals surface area contributed by atoms with E-state index < -0.39 is 5.54 Å². The molecule has 0 spiro atoms. The van der Waals surface area contributed by atoms with E-state index in [9.17, 15) is 9.59 Å². The number of benzene rings is 4. The van der Waals surface area contributed by atoms with Gasteiger partial charge < -0.3 is 15.4 Å². The van der Waals surface area contributed by atoms with Crippen molar-refractivity contribution < 1.29 is 14.3 Å². The van der Waals surface area contributed by atoms with Gasteiger partial charge in [-0.3, -0.25) is 9.69 Å². The number of amides is 2. The highest BCUT2D eigenvalue weighted by Gasteiger charge is 2.51. The van der Waals surface area contributed by atoms with Crippen molar-refractivity contribution >= 4 is 40.6 Å². The van der Waals surface area contributed by atoms with Crippen molar-refractivity contribution in [3.63, 3.8) is 0 Å². The Morgan fingerprint density at radius 3 is 2.19 bits per heavy atom. The van der Waals surface area contributed by atoms with E-state index in [1.54, 1.807) is 9.80 Å². The van der Waals surface area contributed by atoms with Crippen molar-refractivity contribution in [3.8, 4) is 11.1 Å². The number of guanidine groups is 1. The molecule has 7 nitrogen and oxygen atoms in total. The molecular formula is C35H33IN4O3. The molecule has 2 aliphatic rings. The number of hydrogen-bond donors (Lipinski definition) is 1. The Labute approximate surface area is 265 Å². The highest BCUT2D eigenvalue weighted by Crippen LogP contribution is 2.41. The lowest BCUT2D eigenvalue weighted by Crippen LogP contribution is -2.48. The van der Waals surface area contributed by atoms with Crippen LogP contribution in [0.1, 0.15) is 29.5 Å². The average Bonchev–Trinajstić information content (AvgIpc) is 3.30. The number of nitrogens with zero attached hydrogens (tertiary/aromatic N) is 3. The maximum absolute atomic E-state index is 14.5. The predicted octanol–water partition coefficient (Wildman–Crippen LogP) is 6.41. The molecule has 2 amide bonds. The van der Waals surface area contributed by atoms with Gasteiger partial charge in [0.2, 0.25) is 0 Å². The SMILES string of the molecule is NC1=NC(c2ccccc2)(c2cccc(-c3cccc(I)c3)c2)C(=O)N1CC1CCN(C(=O)OCc2ccccc2)CC1. The number of halogens is 1. The molecule has 0 aromatic heterocycles. The van der Waals surface area contributed by atoms with Crippen LogP contribution in [-0.4, -0.2) is 47.4 Å². The van der Waals surface area contributed by atoms with Crippen molar-refractivity contribution in [1.82, 2.24) is 9.80 Å². The normalized spacial score (nSPS) is 18.9. The fourth-order valence-electron chi connectivity index (χ4n) is 5.94. The fourth-order valence-corrected chi connectivity index (χ4v) is 6.48. The van der Waals surface area contributed by atoms with Gasteiger partial charge in [-0.2, -0.15) is 0 Å². The molecule has 0 aliphatic carbocycles. The molecule has 1 unspecified atom stereocenters. The summed E-state index contributed by atoms with van der Waals surface area (Å²) in [6, 6.07) is 35.6. The number of likely N-dealkylation sites (tertiary alicyclic amines) is 1. The highest BCUT2D eigenvalue weighted by atomic mass is 127. The van der Waals surface area contributed by atoms with Crippen molar-refractivity contribution in [1.29, 1.82) is 0 Å². The maximum atomic E-state index is 14.5. The van der Waals surface area contributed by atoms with Crippen LogP contribution in [0.2, 0.25) is 0 Å². The molecule has 2 heterocycles. The van der Waals surface area contributed by atoms with Crippen LogP contribution in [0.25, 0.3) is 11.1 Å². The molecular weight excluding hydrogens is 651 g/mol. The molecule has 0 bridgehead atoms. The Morgan fingerprint density at radius 2 is 1.49 bits per heavy atom. The van der Waals surface area contributed by atoms with Crippen LogP contribution in [0, 0.1) is 9.49 Å². The third-order valence-corrected chi connectivity index (χ3v) is 8.93. The molecule has 4 aromatic rings. The lowest BCUT2D eigenvalue weighted by atomic mass is 9.81. The van der Waals surface area contributed by atoms with Crippen molar-refractivity contribution in [2.75, 3.05) is 19.6 Å². The highest BCUT2D eigenvalue weighted by molar-refractivity contribution is 14.1. The summed E-state index contributed by atoms with van der Waals surface area (Å²) in [6.07, 6.45) is 1.19. The first-order chi connectivity index (χ1) is 20.9. The molecule has 43 heavy (non-hydrogen) atoms. The zero-order valence-electron chi connectivity index (χ0n) is 23.7. The second-order valence-corrected chi connectivity index (χ2v) is 12.3. The zero-order chi connectivity index (χ0) is 29.8. The summed E-state index contributed by atoms with van der Waals surface area (Å²) in [7, 11) is 0. The van der Waals surface area contributed by atoms with Gasteiger partial charge in [-0.05, 0) is 87.4 Å². The first kappa shape index (κ1) is 28.9. The maximum Gasteiger partial charge on any atom is 0.410 e. The third kappa shape index (κ3) is 6.01. The summed E-state index contributed by atoms with van der Waals surface area (Å²) in [6.45, 7) is 1.84. The van der Waals surface area contributed by atoms with E-state index in [0.29, 0.717) is 19.6 Å². The average molecular weight is 685 g/mol. The van der Waals surface area contributed by atoms with Crippen LogP contribution in [0.5, 0.6) is 0 Å². The molecule has 8 heteroatoms. The second-order valence-electron chi connectivity index (χ2n) is 11.0. The van der Waals surface area contributed by atoms with Gasteiger partial charge in [0, 0.05) is 23.2 Å². The molecule has 4 aromatic carbocycles. The lowest BCUT2D eigenvalue weighted by Gasteiger charge is -2.34. The van der Waals surface area contributed by atoms with Crippen LogP contribution < -0.4 is 5.73 Å². The molecule has 0 radical (unpaired) electrons. The molecule has 6 rings (SSSR count). The van der Waals surface area contributed by atoms with Crippen molar-refractivity contribution in [2.45, 2.75) is 25.0 Å². The Balaban J connectivity index is 1.19. The summed E-state index contributed by atoms with van der Waals surface area (Å²) in [5, 5.41) is 0. The number of ether oxygens (including phenoxy) is 1. The second kappa shape index (κ2) is 12.6. The Bertz CT molecular complexity index is 1640. The van der Waals surface area contributed by atoms with E-state index in [1.165, 1.54) is 0 Å². The minimum Gasteiger partial charge on any atom is -0.445 e. The number of nitrogens with two attached hydrogens (primary N) is 1. The van der Waals surface area contributed by atoms with Crippen LogP contribution in [0.4, 0.5) is 4.79 Å². The van der Waals surface area contributed by atoms with E-state index in [0.717, 1.165) is 44.2 Å². The molecule has 1 atom stereocenters. The number of aliphatic imine (C=N–C) groups is 1. The zero-order valence-corrected chi connectivity index (χ0v) is 25.9. The van der Waals surface area contributed by atoms with Gasteiger partial charge in [-0.25, -0.2) is 9.79 Å². The van der Waals surface area contributed by atoms with Crippen LogP contribution in [0.3, 0.4) is 0 Å². The summed E-state index contributed by atoms with van der Waals surface area (Å²) >= 11 is 2.31. The van der Waals surface area contributed by atoms with Gasteiger partial charge in [0.25, 0.3) is 5.91 Å². The van der Waals surface area contributed by atoms with E-state index in [-0.39, 0.29) is 30.5 Å². The quantitative estimate of drug-likeness (QED) is 0.228. The van der Waals surface area contributed by atoms with Gasteiger partial charge >= 0.3 is 6.09 Å². The largest absolute Gasteiger partial charge is 0.445 e. The first-order valence-corrected chi connectivity index (χ1v) is 15.6. The minimum absolute atomic E-state index is 0.152. The number of hydrogen-bond acceptors (Lipinski definition) is 5. The fraction of sp³-hybridized carbons (Fsp3) is 0.229. The summed E-state index contributed by atoms with van der Waals surface area (Å²) in [5.74, 6) is 0.249. The monoisotopic (exact) mass is 684 g/mol. The molecule has 2 N–H and O–H groups in total. The van der Waals surface area contributed by atoms with Crippen molar-refractivity contribution in [2.24, 2.45) is 16.6 Å². The van der Waals surface area contributed by atoms with E-state index in [1.807, 2.05) is 78.9 Å². The van der Waals surface area contributed by atoms with E-state index in [4.69, 9.17) is 15.5 Å². The molecule has 218 valence electrons. The van der Waals surface area contributed by atoms with E-state index >= 15 is 0 Å². The predicted molar refractivity (Wildman–Crippen MR) is 176 cm³/mol. The Hall–Kier alpha value is -4.18. The van der Waals surface area contributed by atoms with Gasteiger partial charge in [-0.15, -0.1) is 0 Å². The van der Waals surface area contributed by atoms with Gasteiger partial charge in [0.1, 0.15) is 6.61 Å². The third-order valence-electron chi connectivity index (χ3n) is 8.26. The molecule has 1 fully saturated rings. The minimum atomic E-state index is -1.27. The number of rotatable bonds is 7. The standard InChI is InChI=1S/C35H33IN4O3/c36-31-16-8-12-28(22-31)27-11-7-15-30(21-27)35(29-13-5-2-6-14-29)32(41)40(33(37)38-35)23-25-17-19-39(20-18-25)34(42)43-24-26-9-3-1-4-10-26/h1-16,21-22,25H,17-20,23-24H2,(H2,37,38). The summed E-state index contributed by atoms with van der Waals surface area (Å²) in [5.41, 5.74) is 9.87. The van der Waals surface area contributed by atoms with Gasteiger partial charge in [0.05, 0.1) is 0 Å². The van der Waals surface area contributed by atoms with Crippen molar-refractivity contribution in [3.05, 3.63) is 129 Å². The topological polar surface area (TPSA) is 88.2 Å². The number of piperidine rings is 1. The van der Waals surface area contributed by atoms with Gasteiger partial charge in [-0.1, -0.05) is 91.0 Å². The number of carbonyl (C=O) groups is 2. The van der Waals surface area contributed by atoms with Crippen LogP contribution >= 0.6 is 22.6 Å². The lowest BCUT2D eigenvalue weighted by molar-refractivity contribution is -0.130. The molecule has 1 saturated heterocycles. The molecule has 2 aliphatic heterocycles. The number of carbonyl (C=O) groups excluding carboxylic acids is 2. The summed E-state index contributed by atoms with van der Waals surface area (Å²) in [4.78, 5) is 35.4. The Morgan fingerprint density at radius 1 is 0.860 bits per heavy atom. The molecule has 0 saturated carbocycles. The van der Waals surface area contributed by atoms with Gasteiger partial charge in [0.15, 0.2) is 11.5 Å². The van der Waals surface area contributed by atoms with Crippen LogP contribution in [0.15, 0.2) is 114 Å². The first-order valence-electron chi connectivity index (χ1n) is 14.5. The summed E-state index contributed by atoms with van der Waals surface area (Å²) < 4.78 is 6.66. The smallest absolute Gasteiger partial charge is 0.410 e. The Kier molecular flexibility index (Phi) is 8.47.